The highest BCUT2D eigenvalue weighted by Crippen LogP contribution is 2.38. The molecule has 0 unspecified atom stereocenters. The summed E-state index contributed by atoms with van der Waals surface area (Å²) in [6.45, 7) is 4.25. The number of benzene rings is 1. The third kappa shape index (κ3) is 2.64. The highest BCUT2D eigenvalue weighted by Gasteiger charge is 2.30. The molecule has 3 N–H and O–H groups in total. The Morgan fingerprint density at radius 2 is 2.23 bits per heavy atom. The number of carbonyl (C=O) groups is 1. The molecule has 1 amide bonds. The van der Waals surface area contributed by atoms with Gasteiger partial charge in [0.1, 0.15) is 0 Å². The first-order valence-electron chi connectivity index (χ1n) is 7.14. The van der Waals surface area contributed by atoms with Gasteiger partial charge in [0.2, 0.25) is 5.95 Å². The molecule has 2 atom stereocenters. The molecule has 1 aromatic heterocycles. The topological polar surface area (TPSA) is 80.9 Å². The predicted octanol–water partition coefficient (Wildman–Crippen LogP) is 2.88. The Hall–Kier alpha value is -2.14. The quantitative estimate of drug-likeness (QED) is 0.912. The van der Waals surface area contributed by atoms with Crippen LogP contribution in [0.25, 0.3) is 0 Å². The molecule has 0 radical (unpaired) electrons. The number of carbonyl (C=O) groups excluding carboxylic acids is 1. The van der Waals surface area contributed by atoms with Gasteiger partial charge >= 0.3 is 0 Å². The summed E-state index contributed by atoms with van der Waals surface area (Å²) in [4.78, 5) is 19.6. The van der Waals surface area contributed by atoms with Crippen molar-refractivity contribution < 1.29 is 4.79 Å². The lowest BCUT2D eigenvalue weighted by atomic mass is 10.0. The van der Waals surface area contributed by atoms with Crippen LogP contribution in [0.4, 0.5) is 5.95 Å². The van der Waals surface area contributed by atoms with E-state index in [2.05, 4.69) is 47.3 Å². The van der Waals surface area contributed by atoms with Gasteiger partial charge in [-0.05, 0) is 30.4 Å². The van der Waals surface area contributed by atoms with Crippen molar-refractivity contribution in [3.8, 4) is 0 Å². The van der Waals surface area contributed by atoms with Crippen molar-refractivity contribution in [3.63, 3.8) is 0 Å². The highest BCUT2D eigenvalue weighted by molar-refractivity contribution is 6.33. The average molecular weight is 317 g/mol. The number of anilines is 1. The number of halogens is 1. The molecule has 1 aliphatic rings. The molecular formula is C16H17ClN4O. The zero-order chi connectivity index (χ0) is 15.9. The van der Waals surface area contributed by atoms with E-state index >= 15 is 0 Å². The summed E-state index contributed by atoms with van der Waals surface area (Å²) in [5.41, 5.74) is 9.12. The lowest BCUT2D eigenvalue weighted by Gasteiger charge is -2.19. The Kier molecular flexibility index (Phi) is 3.74. The Balaban J connectivity index is 1.93. The molecule has 6 heteroatoms. The van der Waals surface area contributed by atoms with Crippen LogP contribution in [0.1, 0.15) is 40.1 Å². The van der Waals surface area contributed by atoms with Gasteiger partial charge in [-0.1, -0.05) is 42.3 Å². The standard InChI is InChI=1S/C16H17ClN4O/c1-8-3-4-10-6-9(2)13(11(10)5-8)20-16-19-7-12(17)14(21-16)15(18)22/h3-5,7,9,13H,6H2,1-2H3,(H2,18,22)(H,19,20,21)/t9-,13+/m0/s1. The summed E-state index contributed by atoms with van der Waals surface area (Å²) in [7, 11) is 0. The van der Waals surface area contributed by atoms with Crippen molar-refractivity contribution in [1.29, 1.82) is 0 Å². The molecule has 0 saturated carbocycles. The third-order valence-electron chi connectivity index (χ3n) is 4.01. The fourth-order valence-corrected chi connectivity index (χ4v) is 3.11. The molecule has 5 nitrogen and oxygen atoms in total. The van der Waals surface area contributed by atoms with Crippen LogP contribution >= 0.6 is 11.6 Å². The monoisotopic (exact) mass is 316 g/mol. The fourth-order valence-electron chi connectivity index (χ4n) is 2.93. The van der Waals surface area contributed by atoms with Crippen LogP contribution in [0.3, 0.4) is 0 Å². The molecule has 0 saturated heterocycles. The minimum absolute atomic E-state index is 0.0364. The average Bonchev–Trinajstić information content (AvgIpc) is 2.76. The number of aryl methyl sites for hydroxylation is 1. The van der Waals surface area contributed by atoms with Crippen LogP contribution < -0.4 is 11.1 Å². The molecule has 0 spiro atoms. The summed E-state index contributed by atoms with van der Waals surface area (Å²) in [6.07, 6.45) is 2.40. The van der Waals surface area contributed by atoms with Gasteiger partial charge in [0.15, 0.2) is 5.69 Å². The van der Waals surface area contributed by atoms with Crippen molar-refractivity contribution in [2.45, 2.75) is 26.3 Å². The number of rotatable bonds is 3. The maximum Gasteiger partial charge on any atom is 0.269 e. The zero-order valence-electron chi connectivity index (χ0n) is 12.4. The van der Waals surface area contributed by atoms with E-state index < -0.39 is 5.91 Å². The van der Waals surface area contributed by atoms with Gasteiger partial charge in [-0.15, -0.1) is 0 Å². The Morgan fingerprint density at radius 3 is 2.95 bits per heavy atom. The highest BCUT2D eigenvalue weighted by atomic mass is 35.5. The Bertz CT molecular complexity index is 747. The van der Waals surface area contributed by atoms with E-state index in [1.54, 1.807) is 0 Å². The molecular weight excluding hydrogens is 300 g/mol. The van der Waals surface area contributed by atoms with Crippen LogP contribution in [0.2, 0.25) is 5.02 Å². The molecule has 0 fully saturated rings. The van der Waals surface area contributed by atoms with Gasteiger partial charge in [0, 0.05) is 0 Å². The van der Waals surface area contributed by atoms with E-state index in [1.165, 1.54) is 22.9 Å². The van der Waals surface area contributed by atoms with Gasteiger partial charge in [0.05, 0.1) is 17.3 Å². The molecule has 1 heterocycles. The van der Waals surface area contributed by atoms with Crippen molar-refractivity contribution in [2.75, 3.05) is 5.32 Å². The molecule has 2 aromatic rings. The number of hydrogen-bond donors (Lipinski definition) is 2. The molecule has 114 valence electrons. The number of primary amides is 1. The van der Waals surface area contributed by atoms with Crippen molar-refractivity contribution in [3.05, 3.63) is 51.8 Å². The van der Waals surface area contributed by atoms with Crippen LogP contribution in [0, 0.1) is 12.8 Å². The summed E-state index contributed by atoms with van der Waals surface area (Å²) >= 11 is 5.88. The molecule has 3 rings (SSSR count). The summed E-state index contributed by atoms with van der Waals surface area (Å²) in [5.74, 6) is 0.115. The van der Waals surface area contributed by atoms with Crippen LogP contribution in [0.5, 0.6) is 0 Å². The van der Waals surface area contributed by atoms with Gasteiger partial charge < -0.3 is 11.1 Å². The lowest BCUT2D eigenvalue weighted by Crippen LogP contribution is -2.19. The molecule has 22 heavy (non-hydrogen) atoms. The first-order valence-corrected chi connectivity index (χ1v) is 7.52. The summed E-state index contributed by atoms with van der Waals surface area (Å²) in [5, 5.41) is 3.47. The van der Waals surface area contributed by atoms with Crippen molar-refractivity contribution in [1.82, 2.24) is 9.97 Å². The smallest absolute Gasteiger partial charge is 0.269 e. The number of hydrogen-bond acceptors (Lipinski definition) is 4. The van der Waals surface area contributed by atoms with E-state index in [1.807, 2.05) is 0 Å². The first kappa shape index (κ1) is 14.8. The Labute approximate surface area is 133 Å². The third-order valence-corrected chi connectivity index (χ3v) is 4.29. The number of amides is 1. The first-order chi connectivity index (χ1) is 10.5. The number of nitrogens with two attached hydrogens (primary N) is 1. The second-order valence-electron chi connectivity index (χ2n) is 5.76. The van der Waals surface area contributed by atoms with E-state index in [4.69, 9.17) is 17.3 Å². The summed E-state index contributed by atoms with van der Waals surface area (Å²) in [6, 6.07) is 6.58. The van der Waals surface area contributed by atoms with Crippen LogP contribution in [0.15, 0.2) is 24.4 Å². The Morgan fingerprint density at radius 1 is 1.45 bits per heavy atom. The minimum atomic E-state index is -0.661. The largest absolute Gasteiger partial charge is 0.364 e. The van der Waals surface area contributed by atoms with E-state index in [0.717, 1.165) is 6.42 Å². The van der Waals surface area contributed by atoms with Gasteiger partial charge in [-0.3, -0.25) is 4.79 Å². The number of nitrogens with one attached hydrogen (secondary N) is 1. The van der Waals surface area contributed by atoms with E-state index in [9.17, 15) is 4.79 Å². The van der Waals surface area contributed by atoms with Gasteiger partial charge in [0.25, 0.3) is 5.91 Å². The molecule has 1 aromatic carbocycles. The molecule has 0 bridgehead atoms. The van der Waals surface area contributed by atoms with Crippen molar-refractivity contribution in [2.24, 2.45) is 11.7 Å². The maximum atomic E-state index is 11.3. The number of aromatic nitrogens is 2. The maximum absolute atomic E-state index is 11.3. The minimum Gasteiger partial charge on any atom is -0.364 e. The van der Waals surface area contributed by atoms with E-state index in [-0.39, 0.29) is 16.8 Å². The second-order valence-corrected chi connectivity index (χ2v) is 6.17. The number of fused-ring (bicyclic) bond motifs is 1. The van der Waals surface area contributed by atoms with Gasteiger partial charge in [-0.2, -0.15) is 0 Å². The molecule has 0 aliphatic heterocycles. The normalized spacial score (nSPS) is 19.8. The zero-order valence-corrected chi connectivity index (χ0v) is 13.2. The SMILES string of the molecule is Cc1ccc2c(c1)[C@H](Nc1ncc(Cl)c(C(N)=O)n1)[C@@H](C)C2. The predicted molar refractivity (Wildman–Crippen MR) is 86.0 cm³/mol. The number of nitrogens with zero attached hydrogens (tertiary/aromatic N) is 2. The van der Waals surface area contributed by atoms with Gasteiger partial charge in [-0.25, -0.2) is 9.97 Å². The van der Waals surface area contributed by atoms with Crippen LogP contribution in [-0.4, -0.2) is 15.9 Å². The summed E-state index contributed by atoms with van der Waals surface area (Å²) < 4.78 is 0. The molecule has 1 aliphatic carbocycles. The van der Waals surface area contributed by atoms with E-state index in [0.29, 0.717) is 11.9 Å². The van der Waals surface area contributed by atoms with Crippen LogP contribution in [-0.2, 0) is 6.42 Å². The fraction of sp³-hybridized carbons (Fsp3) is 0.312. The van der Waals surface area contributed by atoms with Crippen molar-refractivity contribution >= 4 is 23.5 Å². The lowest BCUT2D eigenvalue weighted by molar-refractivity contribution is 0.0995. The second kappa shape index (κ2) is 5.57.